The van der Waals surface area contributed by atoms with Crippen molar-refractivity contribution >= 4 is 51.9 Å². The quantitative estimate of drug-likeness (QED) is 0.208. The fourth-order valence-corrected chi connectivity index (χ4v) is 3.55. The minimum Gasteiger partial charge on any atom is -0.467 e. The van der Waals surface area contributed by atoms with Gasteiger partial charge in [0, 0.05) is 0 Å². The van der Waals surface area contributed by atoms with Crippen LogP contribution in [-0.2, 0) is 0 Å². The summed E-state index contributed by atoms with van der Waals surface area (Å²) in [7, 11) is 0. The lowest BCUT2D eigenvalue weighted by Gasteiger charge is -2.33. The highest BCUT2D eigenvalue weighted by molar-refractivity contribution is 6.39. The topological polar surface area (TPSA) is 91.9 Å². The first-order chi connectivity index (χ1) is 19.0. The number of halogens is 15. The van der Waals surface area contributed by atoms with Crippen molar-refractivity contribution in [2.75, 3.05) is 18.5 Å². The minimum atomic E-state index is -7.25. The molecule has 2 aromatic heterocycles. The van der Waals surface area contributed by atoms with Gasteiger partial charge in [0.15, 0.2) is 12.3 Å². The van der Waals surface area contributed by atoms with Crippen LogP contribution in [0.1, 0.15) is 10.4 Å². The first-order valence-corrected chi connectivity index (χ1v) is 11.2. The summed E-state index contributed by atoms with van der Waals surface area (Å²) in [5.74, 6) is -25.0. The number of carbonyl (C=O) groups is 1. The Kier molecular flexibility index (Phi) is 8.67. The van der Waals surface area contributed by atoms with Gasteiger partial charge >= 0.3 is 30.1 Å². The van der Waals surface area contributed by atoms with Crippen LogP contribution in [0.5, 0.6) is 5.88 Å². The van der Waals surface area contributed by atoms with Crippen LogP contribution in [0.2, 0.25) is 10.0 Å². The normalized spacial score (nSPS) is 13.4. The fourth-order valence-electron chi connectivity index (χ4n) is 2.99. The smallest absolute Gasteiger partial charge is 0.460 e. The molecule has 1 amide bonds. The van der Waals surface area contributed by atoms with E-state index in [9.17, 15) is 61.9 Å². The van der Waals surface area contributed by atoms with Crippen molar-refractivity contribution in [2.45, 2.75) is 30.1 Å². The van der Waals surface area contributed by atoms with Crippen molar-refractivity contribution in [3.05, 3.63) is 39.6 Å². The SMILES string of the molecule is O=C(NCC(F)(F)C(F)(F)C(F)(F)C(F)(F)F)c1cc2nc(Nc3c(Cl)cc(F)cc3Cl)[nH]c2nc1OCC(F)(F)F. The molecule has 3 aromatic rings. The molecule has 0 saturated carbocycles. The molecular weight excluding hydrogens is 660 g/mol. The van der Waals surface area contributed by atoms with Crippen LogP contribution >= 0.6 is 23.2 Å². The Labute approximate surface area is 233 Å². The number of anilines is 2. The van der Waals surface area contributed by atoms with E-state index in [1.165, 1.54) is 0 Å². The number of aromatic amines is 1. The van der Waals surface area contributed by atoms with E-state index in [1.807, 2.05) is 0 Å². The molecule has 0 saturated heterocycles. The van der Waals surface area contributed by atoms with Gasteiger partial charge in [-0.3, -0.25) is 4.79 Å². The zero-order valence-corrected chi connectivity index (χ0v) is 21.0. The number of fused-ring (bicyclic) bond motifs is 1. The molecule has 232 valence electrons. The number of amides is 1. The molecule has 22 heteroatoms. The molecule has 0 aliphatic rings. The number of rotatable bonds is 9. The van der Waals surface area contributed by atoms with Gasteiger partial charge in [0.1, 0.15) is 16.9 Å². The first kappa shape index (κ1) is 33.1. The van der Waals surface area contributed by atoms with Gasteiger partial charge in [0.05, 0.1) is 22.3 Å². The molecule has 3 rings (SSSR count). The van der Waals surface area contributed by atoms with E-state index < -0.39 is 77.6 Å². The summed E-state index contributed by atoms with van der Waals surface area (Å²) >= 11 is 11.7. The number of carbonyl (C=O) groups excluding carboxylic acids is 1. The van der Waals surface area contributed by atoms with E-state index in [-0.39, 0.29) is 21.7 Å². The molecule has 3 N–H and O–H groups in total. The maximum absolute atomic E-state index is 13.9. The van der Waals surface area contributed by atoms with E-state index in [1.54, 1.807) is 0 Å². The Morgan fingerprint density at radius 1 is 0.881 bits per heavy atom. The molecule has 0 atom stereocenters. The summed E-state index contributed by atoms with van der Waals surface area (Å²) in [5.41, 5.74) is -2.26. The number of H-pyrrole nitrogens is 1. The van der Waals surface area contributed by atoms with Crippen molar-refractivity contribution in [2.24, 2.45) is 0 Å². The van der Waals surface area contributed by atoms with E-state index in [0.717, 1.165) is 17.4 Å². The lowest BCUT2D eigenvalue weighted by molar-refractivity contribution is -0.394. The Balaban J connectivity index is 1.96. The zero-order chi connectivity index (χ0) is 32.1. The molecular formula is C20H10Cl2F13N5O2. The summed E-state index contributed by atoms with van der Waals surface area (Å²) in [5, 5.41) is 2.85. The Morgan fingerprint density at radius 3 is 1.98 bits per heavy atom. The maximum atomic E-state index is 13.9. The highest BCUT2D eigenvalue weighted by Gasteiger charge is 2.81. The number of nitrogens with zero attached hydrogens (tertiary/aromatic N) is 2. The van der Waals surface area contributed by atoms with Gasteiger partial charge in [-0.1, -0.05) is 23.2 Å². The van der Waals surface area contributed by atoms with Gasteiger partial charge in [-0.15, -0.1) is 0 Å². The summed E-state index contributed by atoms with van der Waals surface area (Å²) in [6, 6.07) is 2.18. The van der Waals surface area contributed by atoms with Crippen LogP contribution in [0.3, 0.4) is 0 Å². The Morgan fingerprint density at radius 2 is 1.45 bits per heavy atom. The summed E-state index contributed by atoms with van der Waals surface area (Å²) in [6.45, 7) is -4.98. The van der Waals surface area contributed by atoms with Crippen LogP contribution in [0.15, 0.2) is 18.2 Å². The predicted molar refractivity (Wildman–Crippen MR) is 118 cm³/mol. The van der Waals surface area contributed by atoms with Gasteiger partial charge in [-0.25, -0.2) is 9.37 Å². The molecule has 2 heterocycles. The summed E-state index contributed by atoms with van der Waals surface area (Å²) < 4.78 is 174. The number of alkyl halides is 12. The van der Waals surface area contributed by atoms with Gasteiger partial charge in [0.2, 0.25) is 11.8 Å². The number of hydrogen-bond acceptors (Lipinski definition) is 5. The van der Waals surface area contributed by atoms with Gasteiger partial charge in [0.25, 0.3) is 5.91 Å². The predicted octanol–water partition coefficient (Wildman–Crippen LogP) is 7.29. The van der Waals surface area contributed by atoms with Crippen LogP contribution in [0, 0.1) is 5.82 Å². The lowest BCUT2D eigenvalue weighted by Crippen LogP contribution is -2.63. The van der Waals surface area contributed by atoms with Crippen molar-refractivity contribution in [1.82, 2.24) is 20.3 Å². The number of nitrogens with one attached hydrogen (secondary N) is 3. The zero-order valence-electron chi connectivity index (χ0n) is 19.5. The standard InChI is InChI=1S/C20H10Cl2F13N5O2/c21-8-1-6(23)2-9(22)11(8)38-15-37-10-3-7(14(39-12(10)40-15)42-5-17(26,27)28)13(41)36-4-16(24,25)18(29,30)19(31,32)20(33,34)35/h1-3H,4-5H2,(H,36,41)(H2,37,38,39,40). The molecule has 0 spiro atoms. The highest BCUT2D eigenvalue weighted by Crippen LogP contribution is 2.52. The second-order valence-electron chi connectivity index (χ2n) is 8.10. The van der Waals surface area contributed by atoms with E-state index in [4.69, 9.17) is 23.2 Å². The molecule has 0 bridgehead atoms. The average Bonchev–Trinajstić information content (AvgIpc) is 3.23. The number of imidazole rings is 1. The van der Waals surface area contributed by atoms with Crippen LogP contribution in [-0.4, -0.2) is 64.1 Å². The number of aromatic nitrogens is 3. The summed E-state index contributed by atoms with van der Waals surface area (Å²) in [4.78, 5) is 22.2. The lowest BCUT2D eigenvalue weighted by atomic mass is 10.0. The van der Waals surface area contributed by atoms with E-state index >= 15 is 0 Å². The molecule has 0 fully saturated rings. The minimum absolute atomic E-state index is 0.149. The number of ether oxygens (including phenoxy) is 1. The highest BCUT2D eigenvalue weighted by atomic mass is 35.5. The molecule has 7 nitrogen and oxygen atoms in total. The third-order valence-corrected chi connectivity index (χ3v) is 5.58. The first-order valence-electron chi connectivity index (χ1n) is 10.5. The van der Waals surface area contributed by atoms with Crippen LogP contribution in [0.4, 0.5) is 68.7 Å². The van der Waals surface area contributed by atoms with E-state index in [0.29, 0.717) is 6.07 Å². The van der Waals surface area contributed by atoms with Crippen LogP contribution in [0.25, 0.3) is 11.2 Å². The molecule has 0 aliphatic carbocycles. The molecule has 0 unspecified atom stereocenters. The van der Waals surface area contributed by atoms with Crippen LogP contribution < -0.4 is 15.4 Å². The Bertz CT molecular complexity index is 1470. The summed E-state index contributed by atoms with van der Waals surface area (Å²) in [6.07, 6.45) is -12.2. The fraction of sp³-hybridized carbons (Fsp3) is 0.350. The Hall–Kier alpha value is -3.42. The van der Waals surface area contributed by atoms with Crippen molar-refractivity contribution in [3.8, 4) is 5.88 Å². The molecule has 0 aliphatic heterocycles. The molecule has 1 aromatic carbocycles. The third kappa shape index (κ3) is 6.63. The average molecular weight is 670 g/mol. The van der Waals surface area contributed by atoms with Gasteiger partial charge in [-0.2, -0.15) is 57.7 Å². The molecule has 42 heavy (non-hydrogen) atoms. The third-order valence-electron chi connectivity index (χ3n) is 4.98. The van der Waals surface area contributed by atoms with Crippen molar-refractivity contribution in [3.63, 3.8) is 0 Å². The van der Waals surface area contributed by atoms with Crippen molar-refractivity contribution in [1.29, 1.82) is 0 Å². The van der Waals surface area contributed by atoms with Crippen molar-refractivity contribution < 1.29 is 66.6 Å². The molecule has 0 radical (unpaired) electrons. The van der Waals surface area contributed by atoms with Gasteiger partial charge in [-0.05, 0) is 18.2 Å². The monoisotopic (exact) mass is 669 g/mol. The number of hydrogen-bond donors (Lipinski definition) is 3. The second kappa shape index (κ2) is 11.0. The second-order valence-corrected chi connectivity index (χ2v) is 8.92. The largest absolute Gasteiger partial charge is 0.467 e. The number of benzene rings is 1. The van der Waals surface area contributed by atoms with Gasteiger partial charge < -0.3 is 20.4 Å². The number of pyridine rings is 1. The van der Waals surface area contributed by atoms with E-state index in [2.05, 4.69) is 25.0 Å². The maximum Gasteiger partial charge on any atom is 0.460 e.